The predicted octanol–water partition coefficient (Wildman–Crippen LogP) is 11.6. The molecule has 9 nitrogen and oxygen atoms in total. The Balaban J connectivity index is 4.25. The third-order valence-electron chi connectivity index (χ3n) is 8.73. The van der Waals surface area contributed by atoms with Crippen LogP contribution in [0.2, 0.25) is 0 Å². The van der Waals surface area contributed by atoms with E-state index >= 15 is 0 Å². The van der Waals surface area contributed by atoms with Crippen LogP contribution in [0.15, 0.2) is 36.5 Å². The van der Waals surface area contributed by atoms with Crippen molar-refractivity contribution in [2.24, 2.45) is 0 Å². The van der Waals surface area contributed by atoms with Gasteiger partial charge >= 0.3 is 19.8 Å². The molecule has 0 aliphatic carbocycles. The summed E-state index contributed by atoms with van der Waals surface area (Å²) in [5.74, 6) is -0.826. The van der Waals surface area contributed by atoms with Crippen LogP contribution in [0.3, 0.4) is 0 Å². The summed E-state index contributed by atoms with van der Waals surface area (Å²) in [5.41, 5.74) is 0. The third kappa shape index (κ3) is 38.0. The molecule has 0 saturated carbocycles. The van der Waals surface area contributed by atoms with Gasteiger partial charge in [0.1, 0.15) is 6.61 Å². The summed E-state index contributed by atoms with van der Waals surface area (Å²) < 4.78 is 33.1. The van der Waals surface area contributed by atoms with E-state index in [1.54, 1.807) is 7.05 Å². The Bertz CT molecular complexity index is 954. The summed E-state index contributed by atoms with van der Waals surface area (Å²) in [6, 6.07) is 0. The normalized spacial score (nSPS) is 13.7. The molecule has 0 aliphatic heterocycles. The van der Waals surface area contributed by atoms with E-state index in [4.69, 9.17) is 18.5 Å². The molecule has 0 aliphatic rings. The monoisotopic (exact) mass is 756 g/mol. The summed E-state index contributed by atoms with van der Waals surface area (Å²) in [7, 11) is -2.65. The van der Waals surface area contributed by atoms with E-state index in [1.807, 2.05) is 0 Å². The van der Waals surface area contributed by atoms with E-state index in [-0.39, 0.29) is 32.0 Å². The highest BCUT2D eigenvalue weighted by Crippen LogP contribution is 2.43. The lowest BCUT2D eigenvalue weighted by Gasteiger charge is -2.20. The van der Waals surface area contributed by atoms with Crippen molar-refractivity contribution in [1.29, 1.82) is 0 Å². The number of ether oxygens (including phenoxy) is 2. The molecule has 0 heterocycles. The van der Waals surface area contributed by atoms with E-state index < -0.39 is 26.5 Å². The van der Waals surface area contributed by atoms with Crippen LogP contribution >= 0.6 is 7.82 Å². The maximum atomic E-state index is 12.6. The van der Waals surface area contributed by atoms with E-state index in [0.717, 1.165) is 70.6 Å². The highest BCUT2D eigenvalue weighted by atomic mass is 31.2. The van der Waals surface area contributed by atoms with Crippen LogP contribution in [0, 0.1) is 0 Å². The van der Waals surface area contributed by atoms with Crippen molar-refractivity contribution < 1.29 is 37.6 Å². The number of carbonyl (C=O) groups is 2. The summed E-state index contributed by atoms with van der Waals surface area (Å²) in [6.07, 6.45) is 40.4. The first-order chi connectivity index (χ1) is 25.3. The molecular weight excluding hydrogens is 677 g/mol. The van der Waals surface area contributed by atoms with Crippen LogP contribution in [0.4, 0.5) is 0 Å². The molecule has 0 rings (SSSR count). The molecule has 2 N–H and O–H groups in total. The highest BCUT2D eigenvalue weighted by molar-refractivity contribution is 7.47. The first-order valence-electron chi connectivity index (χ1n) is 20.9. The number of esters is 2. The standard InChI is InChI=1S/C42H78NO8P/c1-4-6-8-10-12-14-16-18-19-20-21-23-24-26-28-30-32-34-41(44)48-38-40(39-50-52(46,47)49-37-36-43-3)51-42(45)35-33-31-29-27-25-22-17-15-13-11-9-7-5-2/h12,14-15,17-19,40,43H,4-11,13,16,20-39H2,1-3H3,(H,46,47)/b14-12-,17-15-,19-18-. The summed E-state index contributed by atoms with van der Waals surface area (Å²) in [5, 5.41) is 2.82. The number of hydrogen-bond donors (Lipinski definition) is 2. The summed E-state index contributed by atoms with van der Waals surface area (Å²) in [4.78, 5) is 35.0. The molecule has 0 fully saturated rings. The van der Waals surface area contributed by atoms with E-state index in [1.165, 1.54) is 77.0 Å². The number of allylic oxidation sites excluding steroid dienone is 6. The van der Waals surface area contributed by atoms with Crippen LogP contribution in [0.5, 0.6) is 0 Å². The summed E-state index contributed by atoms with van der Waals surface area (Å²) >= 11 is 0. The Morgan fingerprint density at radius 2 is 1.04 bits per heavy atom. The van der Waals surface area contributed by atoms with Crippen molar-refractivity contribution in [1.82, 2.24) is 5.32 Å². The van der Waals surface area contributed by atoms with Gasteiger partial charge < -0.3 is 19.7 Å². The van der Waals surface area contributed by atoms with Crippen molar-refractivity contribution in [3.63, 3.8) is 0 Å². The number of phosphoric acid groups is 1. The van der Waals surface area contributed by atoms with E-state index in [2.05, 4.69) is 55.6 Å². The van der Waals surface area contributed by atoms with Crippen molar-refractivity contribution in [3.05, 3.63) is 36.5 Å². The van der Waals surface area contributed by atoms with Crippen molar-refractivity contribution in [3.8, 4) is 0 Å². The lowest BCUT2D eigenvalue weighted by Crippen LogP contribution is -2.29. The average Bonchev–Trinajstić information content (AvgIpc) is 3.12. The van der Waals surface area contributed by atoms with Crippen molar-refractivity contribution in [2.45, 2.75) is 187 Å². The van der Waals surface area contributed by atoms with Gasteiger partial charge in [-0.2, -0.15) is 0 Å². The quantitative estimate of drug-likeness (QED) is 0.0273. The number of hydrogen-bond acceptors (Lipinski definition) is 8. The Morgan fingerprint density at radius 3 is 1.58 bits per heavy atom. The van der Waals surface area contributed by atoms with Gasteiger partial charge in [-0.05, 0) is 77.7 Å². The molecule has 10 heteroatoms. The SMILES string of the molecule is CCCCC/C=C\C/C=C\CCCCCCCCCC(=O)OCC(COP(=O)(O)OCCNC)OC(=O)CCCCCCC/C=C\CCCCCC. The van der Waals surface area contributed by atoms with E-state index in [0.29, 0.717) is 13.0 Å². The minimum absolute atomic E-state index is 0.0201. The highest BCUT2D eigenvalue weighted by Gasteiger charge is 2.26. The average molecular weight is 756 g/mol. The van der Waals surface area contributed by atoms with Crippen LogP contribution in [0.25, 0.3) is 0 Å². The van der Waals surface area contributed by atoms with Crippen LogP contribution < -0.4 is 5.32 Å². The number of likely N-dealkylation sites (N-methyl/N-ethyl adjacent to an activating group) is 1. The predicted molar refractivity (Wildman–Crippen MR) is 215 cm³/mol. The topological polar surface area (TPSA) is 120 Å². The van der Waals surface area contributed by atoms with Gasteiger partial charge in [-0.1, -0.05) is 134 Å². The summed E-state index contributed by atoms with van der Waals surface area (Å²) in [6.45, 7) is 4.16. The minimum atomic E-state index is -4.35. The van der Waals surface area contributed by atoms with E-state index in [9.17, 15) is 19.0 Å². The molecule has 2 atom stereocenters. The smallest absolute Gasteiger partial charge is 0.462 e. The second-order valence-corrected chi connectivity index (χ2v) is 15.3. The molecule has 304 valence electrons. The molecule has 0 aromatic heterocycles. The first kappa shape index (κ1) is 50.2. The van der Waals surface area contributed by atoms with Crippen LogP contribution in [-0.4, -0.2) is 56.3 Å². The molecule has 0 radical (unpaired) electrons. The molecule has 0 spiro atoms. The zero-order valence-corrected chi connectivity index (χ0v) is 34.4. The fourth-order valence-electron chi connectivity index (χ4n) is 5.52. The first-order valence-corrected chi connectivity index (χ1v) is 22.4. The van der Waals surface area contributed by atoms with Gasteiger partial charge in [-0.15, -0.1) is 0 Å². The minimum Gasteiger partial charge on any atom is -0.462 e. The number of carbonyl (C=O) groups excluding carboxylic acids is 2. The van der Waals surface area contributed by atoms with Gasteiger partial charge in [-0.3, -0.25) is 18.6 Å². The molecule has 0 aromatic rings. The maximum Gasteiger partial charge on any atom is 0.472 e. The van der Waals surface area contributed by atoms with Crippen molar-refractivity contribution in [2.75, 3.05) is 33.4 Å². The lowest BCUT2D eigenvalue weighted by atomic mass is 10.1. The third-order valence-corrected chi connectivity index (χ3v) is 9.72. The Kier molecular flexibility index (Phi) is 37.6. The molecule has 0 bridgehead atoms. The van der Waals surface area contributed by atoms with Gasteiger partial charge in [0.25, 0.3) is 0 Å². The Hall–Kier alpha value is -1.77. The zero-order chi connectivity index (χ0) is 38.2. The molecule has 0 saturated heterocycles. The number of phosphoric ester groups is 1. The fraction of sp³-hybridized carbons (Fsp3) is 0.810. The zero-order valence-electron chi connectivity index (χ0n) is 33.5. The Labute approximate surface area is 318 Å². The van der Waals surface area contributed by atoms with Crippen molar-refractivity contribution >= 4 is 19.8 Å². The molecular formula is C42H78NO8P. The fourth-order valence-corrected chi connectivity index (χ4v) is 6.27. The van der Waals surface area contributed by atoms with Gasteiger partial charge in [0.2, 0.25) is 0 Å². The number of nitrogens with one attached hydrogen (secondary N) is 1. The number of rotatable bonds is 39. The van der Waals surface area contributed by atoms with Crippen LogP contribution in [-0.2, 0) is 32.7 Å². The molecule has 52 heavy (non-hydrogen) atoms. The second-order valence-electron chi connectivity index (χ2n) is 13.8. The molecule has 2 unspecified atom stereocenters. The number of unbranched alkanes of at least 4 members (excludes halogenated alkanes) is 19. The lowest BCUT2D eigenvalue weighted by molar-refractivity contribution is -0.161. The van der Waals surface area contributed by atoms with Gasteiger partial charge in [0.05, 0.1) is 13.2 Å². The molecule has 0 amide bonds. The largest absolute Gasteiger partial charge is 0.472 e. The van der Waals surface area contributed by atoms with Gasteiger partial charge in [-0.25, -0.2) is 4.57 Å². The van der Waals surface area contributed by atoms with Gasteiger partial charge in [0, 0.05) is 19.4 Å². The maximum absolute atomic E-state index is 12.6. The van der Waals surface area contributed by atoms with Gasteiger partial charge in [0.15, 0.2) is 6.10 Å². The second kappa shape index (κ2) is 38.9. The van der Waals surface area contributed by atoms with Crippen LogP contribution in [0.1, 0.15) is 181 Å². The Morgan fingerprint density at radius 1 is 0.596 bits per heavy atom. The molecule has 0 aromatic carbocycles.